The molecule has 9 heteroatoms. The van der Waals surface area contributed by atoms with Gasteiger partial charge < -0.3 is 40.3 Å². The first kappa shape index (κ1) is 76.4. The molecular weight excluding hydrogens is 1010 g/mol. The second kappa shape index (κ2) is 60.5. The maximum Gasteiger partial charge on any atom is 0.220 e. The van der Waals surface area contributed by atoms with E-state index in [0.29, 0.717) is 6.42 Å². The SMILES string of the molecule is CC/C=C\C/C=C\C/C=C\C/C=C\C/C=C\C/C=C\CCCCCCCCCCCCCCCCCCCCCCC(=O)NC(COC1OC(CO)C(O)C(O)C1O)C(O)/C=C/CCCCCCCCCCCCCCCCCCC. The second-order valence-electron chi connectivity index (χ2n) is 23.6. The molecule has 1 amide bonds. The number of amides is 1. The van der Waals surface area contributed by atoms with E-state index in [4.69, 9.17) is 9.47 Å². The van der Waals surface area contributed by atoms with Crippen LogP contribution < -0.4 is 5.32 Å². The van der Waals surface area contributed by atoms with Gasteiger partial charge in [-0.3, -0.25) is 4.79 Å². The highest BCUT2D eigenvalue weighted by Gasteiger charge is 2.44. The van der Waals surface area contributed by atoms with E-state index >= 15 is 0 Å². The van der Waals surface area contributed by atoms with Gasteiger partial charge in [-0.15, -0.1) is 0 Å². The monoisotopic (exact) mass is 1140 g/mol. The first-order chi connectivity index (χ1) is 39.8. The van der Waals surface area contributed by atoms with Crippen molar-refractivity contribution in [3.8, 4) is 0 Å². The highest BCUT2D eigenvalue weighted by Crippen LogP contribution is 2.23. The predicted octanol–water partition coefficient (Wildman–Crippen LogP) is 18.5. The molecular formula is C72H129NO8. The Morgan fingerprint density at radius 3 is 1.14 bits per heavy atom. The van der Waals surface area contributed by atoms with E-state index in [0.717, 1.165) is 77.0 Å². The van der Waals surface area contributed by atoms with Gasteiger partial charge >= 0.3 is 0 Å². The summed E-state index contributed by atoms with van der Waals surface area (Å²) in [5.74, 6) is -0.173. The second-order valence-corrected chi connectivity index (χ2v) is 23.6. The van der Waals surface area contributed by atoms with Crippen molar-refractivity contribution in [3.63, 3.8) is 0 Å². The number of hydrogen-bond acceptors (Lipinski definition) is 8. The lowest BCUT2D eigenvalue weighted by Gasteiger charge is -2.40. The minimum atomic E-state index is -1.57. The van der Waals surface area contributed by atoms with Crippen LogP contribution in [0, 0.1) is 0 Å². The van der Waals surface area contributed by atoms with Gasteiger partial charge in [-0.25, -0.2) is 0 Å². The number of carbonyl (C=O) groups excluding carboxylic acids is 1. The van der Waals surface area contributed by atoms with Crippen molar-refractivity contribution in [1.82, 2.24) is 5.32 Å². The van der Waals surface area contributed by atoms with Crippen molar-refractivity contribution < 1.29 is 39.8 Å². The fourth-order valence-corrected chi connectivity index (χ4v) is 10.6. The lowest BCUT2D eigenvalue weighted by Crippen LogP contribution is -2.60. The van der Waals surface area contributed by atoms with Gasteiger partial charge in [0, 0.05) is 6.42 Å². The zero-order chi connectivity index (χ0) is 58.6. The molecule has 1 heterocycles. The number of carbonyl (C=O) groups is 1. The molecule has 0 aromatic rings. The summed E-state index contributed by atoms with van der Waals surface area (Å²) >= 11 is 0. The summed E-state index contributed by atoms with van der Waals surface area (Å²) in [4.78, 5) is 13.1. The molecule has 1 rings (SSSR count). The molecule has 0 bridgehead atoms. The Morgan fingerprint density at radius 1 is 0.432 bits per heavy atom. The van der Waals surface area contributed by atoms with E-state index in [1.165, 1.54) is 212 Å². The predicted molar refractivity (Wildman–Crippen MR) is 345 cm³/mol. The molecule has 6 N–H and O–H groups in total. The van der Waals surface area contributed by atoms with Gasteiger partial charge in [0.1, 0.15) is 24.4 Å². The Morgan fingerprint density at radius 2 is 0.765 bits per heavy atom. The average molecular weight is 1140 g/mol. The van der Waals surface area contributed by atoms with E-state index in [1.54, 1.807) is 6.08 Å². The van der Waals surface area contributed by atoms with E-state index in [2.05, 4.69) is 92.1 Å². The molecule has 0 aromatic carbocycles. The molecule has 1 aliphatic rings. The zero-order valence-corrected chi connectivity index (χ0v) is 52.5. The Kier molecular flexibility index (Phi) is 57.0. The van der Waals surface area contributed by atoms with Crippen molar-refractivity contribution in [3.05, 3.63) is 85.1 Å². The van der Waals surface area contributed by atoms with E-state index in [9.17, 15) is 30.3 Å². The van der Waals surface area contributed by atoms with Crippen LogP contribution >= 0.6 is 0 Å². The standard InChI is InChI=1S/C72H129NO8/c1-3-5-7-9-11-13-15-17-19-21-23-24-25-26-27-28-29-30-31-32-33-34-35-36-37-38-39-40-41-42-44-46-48-50-52-54-56-58-60-62-68(76)73-65(64-80-72-71(79)70(78)69(77)67(63-74)81-72)66(75)61-59-57-55-53-51-49-47-45-43-22-20-18-16-14-12-10-8-6-4-2/h5,7,11,13,17,19,23-24,26-27,29-30,59,61,65-67,69-72,74-75,77-79H,3-4,6,8-10,12,14-16,18,20-22,25,28,31-58,60,62-64H2,1-2H3,(H,73,76)/b7-5-,13-11-,19-17-,24-23-,27-26-,30-29-,61-59+. The van der Waals surface area contributed by atoms with Crippen molar-refractivity contribution in [2.24, 2.45) is 0 Å². The smallest absolute Gasteiger partial charge is 0.220 e. The molecule has 7 unspecified atom stereocenters. The van der Waals surface area contributed by atoms with Gasteiger partial charge in [0.25, 0.3) is 0 Å². The number of aliphatic hydroxyl groups is 5. The third-order valence-corrected chi connectivity index (χ3v) is 16.0. The molecule has 1 fully saturated rings. The van der Waals surface area contributed by atoms with E-state index in [1.807, 2.05) is 6.08 Å². The van der Waals surface area contributed by atoms with Crippen LogP contribution in [-0.4, -0.2) is 87.5 Å². The Hall–Kier alpha value is -2.63. The third-order valence-electron chi connectivity index (χ3n) is 16.0. The average Bonchev–Trinajstić information content (AvgIpc) is 3.48. The highest BCUT2D eigenvalue weighted by atomic mass is 16.7. The Bertz CT molecular complexity index is 1550. The van der Waals surface area contributed by atoms with Gasteiger partial charge in [-0.1, -0.05) is 317 Å². The normalized spacial score (nSPS) is 18.9. The number of aliphatic hydroxyl groups excluding tert-OH is 5. The Labute approximate surface area is 499 Å². The van der Waals surface area contributed by atoms with E-state index in [-0.39, 0.29) is 12.5 Å². The number of hydrogen-bond donors (Lipinski definition) is 6. The van der Waals surface area contributed by atoms with Crippen molar-refractivity contribution >= 4 is 5.91 Å². The third kappa shape index (κ3) is 49.4. The quantitative estimate of drug-likeness (QED) is 0.0261. The first-order valence-electron chi connectivity index (χ1n) is 34.3. The molecule has 1 aliphatic heterocycles. The molecule has 81 heavy (non-hydrogen) atoms. The number of allylic oxidation sites excluding steroid dienone is 13. The summed E-state index contributed by atoms with van der Waals surface area (Å²) < 4.78 is 11.3. The van der Waals surface area contributed by atoms with Crippen LogP contribution in [0.5, 0.6) is 0 Å². The molecule has 470 valence electrons. The van der Waals surface area contributed by atoms with Crippen LogP contribution in [0.4, 0.5) is 0 Å². The number of unbranched alkanes of at least 4 members (excludes halogenated alkanes) is 37. The van der Waals surface area contributed by atoms with Crippen LogP contribution in [0.25, 0.3) is 0 Å². The summed E-state index contributed by atoms with van der Waals surface area (Å²) in [6.07, 6.45) is 79.7. The fourth-order valence-electron chi connectivity index (χ4n) is 10.6. The first-order valence-corrected chi connectivity index (χ1v) is 34.3. The van der Waals surface area contributed by atoms with Crippen LogP contribution in [0.1, 0.15) is 309 Å². The summed E-state index contributed by atoms with van der Waals surface area (Å²) in [7, 11) is 0. The molecule has 0 radical (unpaired) electrons. The van der Waals surface area contributed by atoms with Gasteiger partial charge in [0.05, 0.1) is 25.4 Å². The summed E-state index contributed by atoms with van der Waals surface area (Å²) in [5.41, 5.74) is 0. The van der Waals surface area contributed by atoms with Gasteiger partial charge in [0.15, 0.2) is 6.29 Å². The Balaban J connectivity index is 2.08. The maximum absolute atomic E-state index is 13.1. The van der Waals surface area contributed by atoms with Crippen LogP contribution in [0.3, 0.4) is 0 Å². The number of ether oxygens (including phenoxy) is 2. The zero-order valence-electron chi connectivity index (χ0n) is 52.5. The molecule has 0 aromatic heterocycles. The van der Waals surface area contributed by atoms with Crippen LogP contribution in [0.15, 0.2) is 85.1 Å². The molecule has 1 saturated heterocycles. The minimum absolute atomic E-state index is 0.173. The topological polar surface area (TPSA) is 149 Å². The molecule has 0 spiro atoms. The largest absolute Gasteiger partial charge is 0.394 e. The minimum Gasteiger partial charge on any atom is -0.394 e. The van der Waals surface area contributed by atoms with Gasteiger partial charge in [0.2, 0.25) is 5.91 Å². The summed E-state index contributed by atoms with van der Waals surface area (Å²) in [6, 6.07) is -0.807. The molecule has 9 nitrogen and oxygen atoms in total. The molecule has 7 atom stereocenters. The van der Waals surface area contributed by atoms with Crippen LogP contribution in [-0.2, 0) is 14.3 Å². The lowest BCUT2D eigenvalue weighted by atomic mass is 9.99. The number of rotatable bonds is 59. The molecule has 0 aliphatic carbocycles. The molecule has 0 saturated carbocycles. The fraction of sp³-hybridized carbons (Fsp3) is 0.792. The summed E-state index contributed by atoms with van der Waals surface area (Å²) in [6.45, 7) is 3.69. The number of nitrogens with one attached hydrogen (secondary N) is 1. The van der Waals surface area contributed by atoms with Gasteiger partial charge in [-0.05, 0) is 70.6 Å². The summed E-state index contributed by atoms with van der Waals surface area (Å²) in [5, 5.41) is 54.7. The van der Waals surface area contributed by atoms with Crippen LogP contribution in [0.2, 0.25) is 0 Å². The maximum atomic E-state index is 13.1. The van der Waals surface area contributed by atoms with Crippen molar-refractivity contribution in [1.29, 1.82) is 0 Å². The van der Waals surface area contributed by atoms with Crippen molar-refractivity contribution in [2.75, 3.05) is 13.2 Å². The van der Waals surface area contributed by atoms with Gasteiger partial charge in [-0.2, -0.15) is 0 Å². The van der Waals surface area contributed by atoms with E-state index < -0.39 is 49.5 Å². The lowest BCUT2D eigenvalue weighted by molar-refractivity contribution is -0.302. The van der Waals surface area contributed by atoms with Crippen molar-refractivity contribution in [2.45, 2.75) is 352 Å². The highest BCUT2D eigenvalue weighted by molar-refractivity contribution is 5.76.